The minimum atomic E-state index is -0.743. The lowest BCUT2D eigenvalue weighted by Crippen LogP contribution is -2.45. The van der Waals surface area contributed by atoms with Crippen LogP contribution in [0.2, 0.25) is 0 Å². The zero-order valence-corrected chi connectivity index (χ0v) is 20.9. The van der Waals surface area contributed by atoms with Crippen molar-refractivity contribution in [3.63, 3.8) is 0 Å². The highest BCUT2D eigenvalue weighted by Crippen LogP contribution is 2.34. The first kappa shape index (κ1) is 26.2. The van der Waals surface area contributed by atoms with E-state index in [4.69, 9.17) is 10.5 Å². The number of rotatable bonds is 10. The van der Waals surface area contributed by atoms with Gasteiger partial charge in [0.1, 0.15) is 5.82 Å². The number of carbonyl (C=O) groups excluding carboxylic acids is 2. The third-order valence-corrected chi connectivity index (χ3v) is 6.56. The molecule has 3 rings (SSSR count). The first-order chi connectivity index (χ1) is 16.7. The number of ether oxygens (including phenoxy) is 1. The van der Waals surface area contributed by atoms with Gasteiger partial charge in [-0.15, -0.1) is 0 Å². The summed E-state index contributed by atoms with van der Waals surface area (Å²) in [7, 11) is 1.49. The van der Waals surface area contributed by atoms with Crippen molar-refractivity contribution in [2.45, 2.75) is 52.5 Å². The zero-order valence-electron chi connectivity index (χ0n) is 20.9. The molecule has 1 fully saturated rings. The van der Waals surface area contributed by atoms with E-state index in [1.54, 1.807) is 4.90 Å². The van der Waals surface area contributed by atoms with E-state index in [2.05, 4.69) is 18.8 Å². The van der Waals surface area contributed by atoms with Gasteiger partial charge in [-0.2, -0.15) is 0 Å². The predicted molar refractivity (Wildman–Crippen MR) is 136 cm³/mol. The molecule has 1 aromatic carbocycles. The largest absolute Gasteiger partial charge is 0.383 e. The number of aromatic nitrogens is 2. The van der Waals surface area contributed by atoms with E-state index in [9.17, 15) is 19.2 Å². The molecule has 3 N–H and O–H groups in total. The highest BCUT2D eigenvalue weighted by atomic mass is 16.5. The van der Waals surface area contributed by atoms with Crippen LogP contribution >= 0.6 is 0 Å². The minimum absolute atomic E-state index is 0.0174. The van der Waals surface area contributed by atoms with Gasteiger partial charge in [-0.25, -0.2) is 4.79 Å². The Hall–Kier alpha value is -3.40. The molecule has 0 aliphatic carbocycles. The Balaban J connectivity index is 1.98. The summed E-state index contributed by atoms with van der Waals surface area (Å²) >= 11 is 0. The van der Waals surface area contributed by atoms with Gasteiger partial charge in [0, 0.05) is 38.9 Å². The predicted octanol–water partition coefficient (Wildman–Crippen LogP) is 2.07. The molecule has 2 amide bonds. The number of para-hydroxylation sites is 1. The molecule has 10 nitrogen and oxygen atoms in total. The Kier molecular flexibility index (Phi) is 8.50. The minimum Gasteiger partial charge on any atom is -0.383 e. The zero-order chi connectivity index (χ0) is 25.7. The lowest BCUT2D eigenvalue weighted by Gasteiger charge is -2.27. The van der Waals surface area contributed by atoms with Crippen molar-refractivity contribution >= 4 is 29.0 Å². The number of amides is 2. The molecule has 1 aliphatic heterocycles. The first-order valence-electron chi connectivity index (χ1n) is 12.1. The van der Waals surface area contributed by atoms with Gasteiger partial charge >= 0.3 is 5.69 Å². The number of hydrogen-bond acceptors (Lipinski definition) is 6. The number of methoxy groups -OCH3 is 1. The summed E-state index contributed by atoms with van der Waals surface area (Å²) in [6.07, 6.45) is 1.55. The Morgan fingerprint density at radius 1 is 1.26 bits per heavy atom. The average molecular weight is 486 g/mol. The number of carbonyl (C=O) groups is 2. The average Bonchev–Trinajstić information content (AvgIpc) is 3.24. The highest BCUT2D eigenvalue weighted by molar-refractivity contribution is 6.05. The number of aromatic amines is 1. The number of anilines is 3. The number of nitrogens with zero attached hydrogens (tertiary/aromatic N) is 3. The molecule has 1 saturated heterocycles. The molecule has 2 atom stereocenters. The molecule has 0 bridgehead atoms. The Morgan fingerprint density at radius 2 is 1.97 bits per heavy atom. The maximum absolute atomic E-state index is 13.7. The first-order valence-corrected chi connectivity index (χ1v) is 12.1. The van der Waals surface area contributed by atoms with Crippen LogP contribution in [0.15, 0.2) is 33.9 Å². The molecule has 10 heteroatoms. The third kappa shape index (κ3) is 5.32. The topological polar surface area (TPSA) is 131 Å². The van der Waals surface area contributed by atoms with Crippen LogP contribution in [0.3, 0.4) is 0 Å². The molecule has 1 aliphatic rings. The van der Waals surface area contributed by atoms with E-state index >= 15 is 0 Å². The number of nitrogens with two attached hydrogens (primary N) is 1. The van der Waals surface area contributed by atoms with E-state index in [0.717, 1.165) is 17.7 Å². The van der Waals surface area contributed by atoms with Crippen molar-refractivity contribution in [3.8, 4) is 0 Å². The summed E-state index contributed by atoms with van der Waals surface area (Å²) in [6.45, 7) is 6.77. The summed E-state index contributed by atoms with van der Waals surface area (Å²) in [5.74, 6) is -1.05. The SMILES string of the molecule is CCCn1c(N)c(N(CCOC)C(=O)C2CC(=O)N(c3ccccc3C(C)CC)C2)c(=O)[nH]c1=O. The highest BCUT2D eigenvalue weighted by Gasteiger charge is 2.39. The maximum atomic E-state index is 13.7. The van der Waals surface area contributed by atoms with Crippen LogP contribution in [0.4, 0.5) is 17.2 Å². The van der Waals surface area contributed by atoms with Gasteiger partial charge in [-0.1, -0.05) is 39.0 Å². The Morgan fingerprint density at radius 3 is 2.63 bits per heavy atom. The molecule has 1 aromatic heterocycles. The Bertz CT molecular complexity index is 1190. The monoisotopic (exact) mass is 485 g/mol. The summed E-state index contributed by atoms with van der Waals surface area (Å²) < 4.78 is 6.41. The van der Waals surface area contributed by atoms with E-state index in [1.807, 2.05) is 31.2 Å². The smallest absolute Gasteiger partial charge is 0.330 e. The van der Waals surface area contributed by atoms with Gasteiger partial charge in [-0.3, -0.25) is 23.9 Å². The van der Waals surface area contributed by atoms with Gasteiger partial charge in [0.25, 0.3) is 5.56 Å². The lowest BCUT2D eigenvalue weighted by atomic mass is 9.96. The van der Waals surface area contributed by atoms with Crippen molar-refractivity contribution in [2.24, 2.45) is 5.92 Å². The molecular formula is C25H35N5O5. The van der Waals surface area contributed by atoms with Crippen molar-refractivity contribution in [1.82, 2.24) is 9.55 Å². The second-order valence-electron chi connectivity index (χ2n) is 8.90. The van der Waals surface area contributed by atoms with Crippen LogP contribution in [0.5, 0.6) is 0 Å². The van der Waals surface area contributed by atoms with E-state index in [-0.39, 0.29) is 49.4 Å². The van der Waals surface area contributed by atoms with Gasteiger partial charge in [-0.05, 0) is 30.4 Å². The molecular weight excluding hydrogens is 450 g/mol. The fraction of sp³-hybridized carbons (Fsp3) is 0.520. The fourth-order valence-corrected chi connectivity index (χ4v) is 4.49. The van der Waals surface area contributed by atoms with Crippen molar-refractivity contribution in [1.29, 1.82) is 0 Å². The second-order valence-corrected chi connectivity index (χ2v) is 8.90. The fourth-order valence-electron chi connectivity index (χ4n) is 4.49. The van der Waals surface area contributed by atoms with E-state index in [1.165, 1.54) is 16.6 Å². The normalized spacial score (nSPS) is 16.5. The van der Waals surface area contributed by atoms with Crippen LogP contribution in [0, 0.1) is 5.92 Å². The maximum Gasteiger partial charge on any atom is 0.330 e. The van der Waals surface area contributed by atoms with Crippen LogP contribution < -0.4 is 26.8 Å². The summed E-state index contributed by atoms with van der Waals surface area (Å²) in [6, 6.07) is 7.74. The van der Waals surface area contributed by atoms with Crippen LogP contribution in [0.1, 0.15) is 51.5 Å². The van der Waals surface area contributed by atoms with Crippen molar-refractivity contribution in [2.75, 3.05) is 42.3 Å². The number of nitrogen functional groups attached to an aromatic ring is 1. The van der Waals surface area contributed by atoms with Gasteiger partial charge in [0.05, 0.1) is 12.5 Å². The van der Waals surface area contributed by atoms with Gasteiger partial charge in [0.15, 0.2) is 5.69 Å². The summed E-state index contributed by atoms with van der Waals surface area (Å²) in [4.78, 5) is 57.0. The summed E-state index contributed by atoms with van der Waals surface area (Å²) in [5.41, 5.74) is 6.63. The van der Waals surface area contributed by atoms with Crippen LogP contribution in [0.25, 0.3) is 0 Å². The third-order valence-electron chi connectivity index (χ3n) is 6.56. The summed E-state index contributed by atoms with van der Waals surface area (Å²) in [5, 5.41) is 0. The number of benzene rings is 1. The molecule has 2 heterocycles. The number of nitrogens with one attached hydrogen (secondary N) is 1. The molecule has 0 spiro atoms. The standard InChI is InChI=1S/C25H35N5O5/c1-5-11-29-22(26)21(23(32)27-25(29)34)28(12-13-35-4)24(33)17-14-20(31)30(15-17)19-10-8-7-9-18(19)16(3)6-2/h7-10,16-17H,5-6,11-15,26H2,1-4H3,(H,27,32,34). The lowest BCUT2D eigenvalue weighted by molar-refractivity contribution is -0.124. The molecule has 190 valence electrons. The number of H-pyrrole nitrogens is 1. The van der Waals surface area contributed by atoms with Crippen molar-refractivity contribution < 1.29 is 14.3 Å². The van der Waals surface area contributed by atoms with E-state index in [0.29, 0.717) is 13.0 Å². The van der Waals surface area contributed by atoms with Gasteiger partial charge < -0.3 is 20.3 Å². The molecule has 2 unspecified atom stereocenters. The van der Waals surface area contributed by atoms with Crippen molar-refractivity contribution in [3.05, 3.63) is 50.7 Å². The molecule has 0 saturated carbocycles. The second kappa shape index (κ2) is 11.4. The molecule has 2 aromatic rings. The number of hydrogen-bond donors (Lipinski definition) is 2. The van der Waals surface area contributed by atoms with Crippen LogP contribution in [-0.4, -0.2) is 48.2 Å². The van der Waals surface area contributed by atoms with Crippen LogP contribution in [-0.2, 0) is 20.9 Å². The Labute approximate surface area is 204 Å². The van der Waals surface area contributed by atoms with Gasteiger partial charge in [0.2, 0.25) is 11.8 Å². The van der Waals surface area contributed by atoms with E-state index < -0.39 is 23.1 Å². The molecule has 35 heavy (non-hydrogen) atoms. The molecule has 0 radical (unpaired) electrons. The quantitative estimate of drug-likeness (QED) is 0.530.